The minimum atomic E-state index is -0.319. The van der Waals surface area contributed by atoms with E-state index in [-0.39, 0.29) is 29.6 Å². The van der Waals surface area contributed by atoms with E-state index in [2.05, 4.69) is 17.5 Å². The van der Waals surface area contributed by atoms with Crippen molar-refractivity contribution in [3.05, 3.63) is 41.5 Å². The van der Waals surface area contributed by atoms with E-state index in [1.54, 1.807) is 13.0 Å². The van der Waals surface area contributed by atoms with Gasteiger partial charge in [0.25, 0.3) is 0 Å². The van der Waals surface area contributed by atoms with Crippen LogP contribution in [0.3, 0.4) is 0 Å². The fourth-order valence-corrected chi connectivity index (χ4v) is 3.28. The molecule has 3 rings (SSSR count). The van der Waals surface area contributed by atoms with Crippen molar-refractivity contribution < 1.29 is 14.3 Å². The molecule has 4 heteroatoms. The van der Waals surface area contributed by atoms with Gasteiger partial charge in [0.2, 0.25) is 0 Å². The predicted octanol–water partition coefficient (Wildman–Crippen LogP) is 2.91. The van der Waals surface area contributed by atoms with Crippen LogP contribution in [0.5, 0.6) is 0 Å². The molecule has 21 heavy (non-hydrogen) atoms. The molecule has 110 valence electrons. The Morgan fingerprint density at radius 3 is 2.90 bits per heavy atom. The number of ether oxygens (including phenoxy) is 1. The summed E-state index contributed by atoms with van der Waals surface area (Å²) in [4.78, 5) is 23.7. The van der Waals surface area contributed by atoms with Gasteiger partial charge in [0.1, 0.15) is 6.04 Å². The average Bonchev–Trinajstić information content (AvgIpc) is 2.95. The molecule has 3 atom stereocenters. The Bertz CT molecular complexity index is 620. The van der Waals surface area contributed by atoms with E-state index in [0.717, 1.165) is 17.7 Å². The fraction of sp³-hybridized carbons (Fsp3) is 0.412. The van der Waals surface area contributed by atoms with E-state index < -0.39 is 0 Å². The first-order valence-electron chi connectivity index (χ1n) is 7.36. The monoisotopic (exact) mass is 285 g/mol. The van der Waals surface area contributed by atoms with Gasteiger partial charge in [0.15, 0.2) is 5.78 Å². The molecule has 1 aliphatic heterocycles. The van der Waals surface area contributed by atoms with E-state index in [9.17, 15) is 9.59 Å². The molecule has 0 bridgehead atoms. The number of carbonyl (C=O) groups excluding carboxylic acids is 2. The molecule has 0 saturated heterocycles. The van der Waals surface area contributed by atoms with Crippen molar-refractivity contribution in [2.75, 3.05) is 11.9 Å². The first-order chi connectivity index (χ1) is 10.1. The summed E-state index contributed by atoms with van der Waals surface area (Å²) in [5.74, 6) is 0.204. The zero-order chi connectivity index (χ0) is 15.0. The number of esters is 1. The van der Waals surface area contributed by atoms with Crippen LogP contribution in [0, 0.1) is 5.92 Å². The second-order valence-corrected chi connectivity index (χ2v) is 5.59. The van der Waals surface area contributed by atoms with Crippen molar-refractivity contribution >= 4 is 17.4 Å². The summed E-state index contributed by atoms with van der Waals surface area (Å²) in [6.07, 6.45) is 5.10. The lowest BCUT2D eigenvalue weighted by atomic mass is 9.78. The number of rotatable bonds is 3. The van der Waals surface area contributed by atoms with Gasteiger partial charge in [-0.05, 0) is 44.0 Å². The number of ketones is 1. The highest BCUT2D eigenvalue weighted by Crippen LogP contribution is 2.45. The van der Waals surface area contributed by atoms with Crippen LogP contribution in [0.15, 0.2) is 30.4 Å². The fourth-order valence-electron chi connectivity index (χ4n) is 3.28. The minimum absolute atomic E-state index is 0.0591. The van der Waals surface area contributed by atoms with E-state index in [4.69, 9.17) is 4.74 Å². The second kappa shape index (κ2) is 5.35. The zero-order valence-corrected chi connectivity index (χ0v) is 12.3. The highest BCUT2D eigenvalue weighted by Gasteiger charge is 2.41. The maximum absolute atomic E-state index is 12.2. The number of Topliss-reactive ketones (excluding diaryl/α,β-unsaturated/α-hetero) is 1. The van der Waals surface area contributed by atoms with Crippen molar-refractivity contribution in [1.29, 1.82) is 0 Å². The second-order valence-electron chi connectivity index (χ2n) is 5.59. The summed E-state index contributed by atoms with van der Waals surface area (Å²) in [6, 6.07) is 5.32. The maximum Gasteiger partial charge on any atom is 0.328 e. The smallest absolute Gasteiger partial charge is 0.328 e. The topological polar surface area (TPSA) is 55.4 Å². The number of anilines is 1. The minimum Gasteiger partial charge on any atom is -0.464 e. The number of carbonyl (C=O) groups is 2. The first kappa shape index (κ1) is 13.9. The van der Waals surface area contributed by atoms with Crippen LogP contribution in [-0.4, -0.2) is 24.4 Å². The molecule has 0 aromatic heterocycles. The summed E-state index contributed by atoms with van der Waals surface area (Å²) in [6.45, 7) is 3.78. The number of nitrogens with one attached hydrogen (secondary N) is 1. The van der Waals surface area contributed by atoms with Crippen LogP contribution in [0.2, 0.25) is 0 Å². The summed E-state index contributed by atoms with van der Waals surface area (Å²) in [5.41, 5.74) is 2.73. The van der Waals surface area contributed by atoms with Crippen molar-refractivity contribution in [2.24, 2.45) is 5.92 Å². The molecule has 0 radical (unpaired) electrons. The van der Waals surface area contributed by atoms with Gasteiger partial charge in [-0.2, -0.15) is 0 Å². The zero-order valence-electron chi connectivity index (χ0n) is 12.3. The largest absolute Gasteiger partial charge is 0.464 e. The molecule has 1 N–H and O–H groups in total. The quantitative estimate of drug-likeness (QED) is 0.527. The van der Waals surface area contributed by atoms with Crippen LogP contribution in [0.25, 0.3) is 0 Å². The number of allylic oxidation sites excluding steroid dienone is 2. The van der Waals surface area contributed by atoms with Crippen LogP contribution < -0.4 is 5.32 Å². The van der Waals surface area contributed by atoms with Gasteiger partial charge in [0.05, 0.1) is 6.61 Å². The average molecular weight is 285 g/mol. The van der Waals surface area contributed by atoms with Crippen LogP contribution in [0.1, 0.15) is 42.1 Å². The van der Waals surface area contributed by atoms with Crippen molar-refractivity contribution in [2.45, 2.75) is 32.2 Å². The van der Waals surface area contributed by atoms with Gasteiger partial charge in [0, 0.05) is 23.1 Å². The van der Waals surface area contributed by atoms with Crippen LogP contribution in [0.4, 0.5) is 5.69 Å². The Labute approximate surface area is 124 Å². The van der Waals surface area contributed by atoms with Gasteiger partial charge in [-0.3, -0.25) is 4.79 Å². The van der Waals surface area contributed by atoms with Gasteiger partial charge in [-0.15, -0.1) is 0 Å². The van der Waals surface area contributed by atoms with E-state index in [1.165, 1.54) is 0 Å². The summed E-state index contributed by atoms with van der Waals surface area (Å²) >= 11 is 0. The van der Waals surface area contributed by atoms with Gasteiger partial charge in [-0.1, -0.05) is 12.2 Å². The molecule has 0 saturated carbocycles. The molecule has 0 fully saturated rings. The molecule has 0 amide bonds. The Kier molecular flexibility index (Phi) is 3.53. The summed E-state index contributed by atoms with van der Waals surface area (Å²) in [5, 5.41) is 3.29. The Morgan fingerprint density at radius 1 is 1.38 bits per heavy atom. The lowest BCUT2D eigenvalue weighted by Gasteiger charge is -2.35. The van der Waals surface area contributed by atoms with Gasteiger partial charge < -0.3 is 10.1 Å². The number of benzene rings is 1. The SMILES string of the molecule is CCOC(=O)[C@@H]1Nc2ccc(C(C)=O)cc2[C@H]2C=CC[C@H]21. The molecular weight excluding hydrogens is 266 g/mol. The molecule has 0 unspecified atom stereocenters. The molecular formula is C17H19NO3. The van der Waals surface area contributed by atoms with Crippen LogP contribution in [-0.2, 0) is 9.53 Å². The normalized spacial score (nSPS) is 25.7. The highest BCUT2D eigenvalue weighted by atomic mass is 16.5. The summed E-state index contributed by atoms with van der Waals surface area (Å²) in [7, 11) is 0. The van der Waals surface area contributed by atoms with Crippen LogP contribution >= 0.6 is 0 Å². The van der Waals surface area contributed by atoms with Gasteiger partial charge >= 0.3 is 5.97 Å². The third-order valence-electron chi connectivity index (χ3n) is 4.31. The van der Waals surface area contributed by atoms with E-state index in [0.29, 0.717) is 12.2 Å². The molecule has 1 heterocycles. The standard InChI is InChI=1S/C17H19NO3/c1-3-21-17(20)16-13-6-4-5-12(13)14-9-11(10(2)19)7-8-15(14)18-16/h4-5,7-9,12-13,16,18H,3,6H2,1-2H3/t12-,13+,16+/m0/s1. The number of hydrogen-bond acceptors (Lipinski definition) is 4. The number of hydrogen-bond donors (Lipinski definition) is 1. The van der Waals surface area contributed by atoms with Crippen molar-refractivity contribution in [1.82, 2.24) is 0 Å². The van der Waals surface area contributed by atoms with E-state index in [1.807, 2.05) is 19.1 Å². The lowest BCUT2D eigenvalue weighted by molar-refractivity contribution is -0.145. The molecule has 0 spiro atoms. The van der Waals surface area contributed by atoms with E-state index >= 15 is 0 Å². The molecule has 1 aromatic rings. The van der Waals surface area contributed by atoms with Crippen molar-refractivity contribution in [3.8, 4) is 0 Å². The highest BCUT2D eigenvalue weighted by molar-refractivity contribution is 5.95. The third kappa shape index (κ3) is 2.35. The first-order valence-corrected chi connectivity index (χ1v) is 7.36. The Balaban J connectivity index is 1.98. The predicted molar refractivity (Wildman–Crippen MR) is 80.5 cm³/mol. The Morgan fingerprint density at radius 2 is 2.19 bits per heavy atom. The Hall–Kier alpha value is -2.10. The summed E-state index contributed by atoms with van der Waals surface area (Å²) < 4.78 is 5.18. The maximum atomic E-state index is 12.2. The molecule has 1 aliphatic carbocycles. The van der Waals surface area contributed by atoms with Gasteiger partial charge in [-0.25, -0.2) is 4.79 Å². The molecule has 1 aromatic carbocycles. The number of fused-ring (bicyclic) bond motifs is 3. The lowest BCUT2D eigenvalue weighted by Crippen LogP contribution is -2.43. The van der Waals surface area contributed by atoms with Crippen molar-refractivity contribution in [3.63, 3.8) is 0 Å². The molecule has 4 nitrogen and oxygen atoms in total. The third-order valence-corrected chi connectivity index (χ3v) is 4.31. The molecule has 2 aliphatic rings.